The van der Waals surface area contributed by atoms with Crippen molar-refractivity contribution in [2.75, 3.05) is 5.32 Å². The standard InChI is InChI=1S/C19H15ClFN5/c1-12-22-8-9-26(12)17-5-2-13(11-25-17)10-24-16-4-3-14-15(20)6-7-23-19(14)18(16)21/h2-9,11,24H,10H2,1H3. The zero-order chi connectivity index (χ0) is 18.1. The summed E-state index contributed by atoms with van der Waals surface area (Å²) in [6, 6.07) is 8.93. The first kappa shape index (κ1) is 16.5. The molecule has 3 aromatic heterocycles. The van der Waals surface area contributed by atoms with Crippen molar-refractivity contribution in [3.8, 4) is 5.82 Å². The summed E-state index contributed by atoms with van der Waals surface area (Å²) in [6.07, 6.45) is 6.85. The van der Waals surface area contributed by atoms with Gasteiger partial charge in [-0.3, -0.25) is 9.55 Å². The maximum atomic E-state index is 14.6. The fourth-order valence-corrected chi connectivity index (χ4v) is 2.98. The van der Waals surface area contributed by atoms with E-state index in [1.165, 1.54) is 6.20 Å². The van der Waals surface area contributed by atoms with Crippen LogP contribution in [0.2, 0.25) is 5.02 Å². The van der Waals surface area contributed by atoms with Crippen LogP contribution in [0.25, 0.3) is 16.7 Å². The van der Waals surface area contributed by atoms with E-state index in [0.29, 0.717) is 22.6 Å². The van der Waals surface area contributed by atoms with Crippen LogP contribution in [0.1, 0.15) is 11.4 Å². The summed E-state index contributed by atoms with van der Waals surface area (Å²) in [6.45, 7) is 2.36. The van der Waals surface area contributed by atoms with Crippen LogP contribution in [-0.4, -0.2) is 19.5 Å². The third kappa shape index (κ3) is 2.99. The Labute approximate surface area is 154 Å². The van der Waals surface area contributed by atoms with Crippen LogP contribution >= 0.6 is 11.6 Å². The molecule has 1 N–H and O–H groups in total. The van der Waals surface area contributed by atoms with Crippen LogP contribution in [0.4, 0.5) is 10.1 Å². The van der Waals surface area contributed by atoms with Gasteiger partial charge in [0.25, 0.3) is 0 Å². The smallest absolute Gasteiger partial charge is 0.172 e. The second-order valence-electron chi connectivity index (χ2n) is 5.84. The molecule has 0 aliphatic carbocycles. The summed E-state index contributed by atoms with van der Waals surface area (Å²) in [7, 11) is 0. The fourth-order valence-electron chi connectivity index (χ4n) is 2.77. The van der Waals surface area contributed by atoms with Crippen molar-refractivity contribution in [2.24, 2.45) is 0 Å². The normalized spacial score (nSPS) is 11.0. The minimum atomic E-state index is -0.413. The molecule has 0 fully saturated rings. The number of rotatable bonds is 4. The van der Waals surface area contributed by atoms with Crippen molar-refractivity contribution in [3.05, 3.63) is 77.3 Å². The van der Waals surface area contributed by atoms with E-state index in [1.54, 1.807) is 30.6 Å². The van der Waals surface area contributed by atoms with Crippen molar-refractivity contribution in [2.45, 2.75) is 13.5 Å². The molecule has 0 saturated heterocycles. The van der Waals surface area contributed by atoms with E-state index in [9.17, 15) is 4.39 Å². The minimum Gasteiger partial charge on any atom is -0.378 e. The Morgan fingerprint density at radius 3 is 2.69 bits per heavy atom. The fraction of sp³-hybridized carbons (Fsp3) is 0.105. The lowest BCUT2D eigenvalue weighted by Crippen LogP contribution is -2.04. The van der Waals surface area contributed by atoms with E-state index >= 15 is 0 Å². The van der Waals surface area contributed by atoms with Crippen molar-refractivity contribution in [1.29, 1.82) is 0 Å². The predicted octanol–water partition coefficient (Wildman–Crippen LogP) is 4.53. The van der Waals surface area contributed by atoms with Gasteiger partial charge < -0.3 is 5.32 Å². The van der Waals surface area contributed by atoms with Crippen molar-refractivity contribution in [3.63, 3.8) is 0 Å². The second-order valence-corrected chi connectivity index (χ2v) is 6.25. The molecule has 4 rings (SSSR count). The molecule has 0 radical (unpaired) electrons. The highest BCUT2D eigenvalue weighted by atomic mass is 35.5. The van der Waals surface area contributed by atoms with E-state index in [0.717, 1.165) is 17.2 Å². The topological polar surface area (TPSA) is 55.6 Å². The summed E-state index contributed by atoms with van der Waals surface area (Å²) < 4.78 is 16.5. The Morgan fingerprint density at radius 2 is 1.96 bits per heavy atom. The van der Waals surface area contributed by atoms with Crippen molar-refractivity contribution in [1.82, 2.24) is 19.5 Å². The number of nitrogens with zero attached hydrogens (tertiary/aromatic N) is 4. The summed E-state index contributed by atoms with van der Waals surface area (Å²) in [5.41, 5.74) is 1.57. The van der Waals surface area contributed by atoms with Crippen LogP contribution in [0.15, 0.2) is 55.1 Å². The van der Waals surface area contributed by atoms with Gasteiger partial charge in [-0.2, -0.15) is 0 Å². The van der Waals surface area contributed by atoms with Gasteiger partial charge in [-0.15, -0.1) is 0 Å². The lowest BCUT2D eigenvalue weighted by molar-refractivity contribution is 0.639. The highest BCUT2D eigenvalue weighted by molar-refractivity contribution is 6.35. The number of benzene rings is 1. The Kier molecular flexibility index (Phi) is 4.26. The molecule has 0 spiro atoms. The van der Waals surface area contributed by atoms with Crippen LogP contribution in [0, 0.1) is 12.7 Å². The summed E-state index contributed by atoms with van der Waals surface area (Å²) >= 11 is 6.08. The third-order valence-electron chi connectivity index (χ3n) is 4.16. The van der Waals surface area contributed by atoms with Crippen molar-refractivity contribution < 1.29 is 4.39 Å². The van der Waals surface area contributed by atoms with Crippen LogP contribution in [0.3, 0.4) is 0 Å². The number of imidazole rings is 1. The second kappa shape index (κ2) is 6.72. The number of hydrogen-bond donors (Lipinski definition) is 1. The molecule has 0 aliphatic rings. The van der Waals surface area contributed by atoms with Gasteiger partial charge >= 0.3 is 0 Å². The molecule has 0 unspecified atom stereocenters. The molecule has 0 bridgehead atoms. The molecule has 26 heavy (non-hydrogen) atoms. The average molecular weight is 368 g/mol. The van der Waals surface area contributed by atoms with Gasteiger partial charge in [0.15, 0.2) is 5.82 Å². The number of aryl methyl sites for hydroxylation is 1. The van der Waals surface area contributed by atoms with Crippen LogP contribution in [-0.2, 0) is 6.54 Å². The molecule has 0 saturated carbocycles. The molecule has 5 nitrogen and oxygen atoms in total. The van der Waals surface area contributed by atoms with E-state index in [-0.39, 0.29) is 5.52 Å². The number of halogens is 2. The molecular formula is C19H15ClFN5. The molecule has 7 heteroatoms. The Morgan fingerprint density at radius 1 is 1.08 bits per heavy atom. The van der Waals surface area contributed by atoms with Gasteiger partial charge in [0, 0.05) is 36.7 Å². The Bertz CT molecular complexity index is 1080. The number of hydrogen-bond acceptors (Lipinski definition) is 4. The molecular weight excluding hydrogens is 353 g/mol. The highest BCUT2D eigenvalue weighted by Gasteiger charge is 2.10. The molecule has 130 valence electrons. The first-order valence-corrected chi connectivity index (χ1v) is 8.43. The summed E-state index contributed by atoms with van der Waals surface area (Å²) in [4.78, 5) is 12.7. The maximum absolute atomic E-state index is 14.6. The summed E-state index contributed by atoms with van der Waals surface area (Å²) in [5.74, 6) is 1.25. The number of nitrogens with one attached hydrogen (secondary N) is 1. The lowest BCUT2D eigenvalue weighted by Gasteiger charge is -2.10. The molecule has 1 aromatic carbocycles. The number of aromatic nitrogens is 4. The van der Waals surface area contributed by atoms with E-state index < -0.39 is 5.82 Å². The van der Waals surface area contributed by atoms with E-state index in [2.05, 4.69) is 20.3 Å². The van der Waals surface area contributed by atoms with Gasteiger partial charge in [-0.1, -0.05) is 17.7 Å². The largest absolute Gasteiger partial charge is 0.378 e. The maximum Gasteiger partial charge on any atom is 0.172 e. The molecule has 3 heterocycles. The summed E-state index contributed by atoms with van der Waals surface area (Å²) in [5, 5.41) is 4.17. The molecule has 0 atom stereocenters. The third-order valence-corrected chi connectivity index (χ3v) is 4.49. The van der Waals surface area contributed by atoms with E-state index in [4.69, 9.17) is 11.6 Å². The molecule has 0 aliphatic heterocycles. The van der Waals surface area contributed by atoms with Crippen LogP contribution in [0.5, 0.6) is 0 Å². The Balaban J connectivity index is 1.53. The van der Waals surface area contributed by atoms with Crippen LogP contribution < -0.4 is 5.32 Å². The predicted molar refractivity (Wildman–Crippen MR) is 100 cm³/mol. The zero-order valence-electron chi connectivity index (χ0n) is 13.9. The number of pyridine rings is 2. The van der Waals surface area contributed by atoms with Gasteiger partial charge in [0.05, 0.1) is 10.7 Å². The van der Waals surface area contributed by atoms with Crippen molar-refractivity contribution >= 4 is 28.2 Å². The first-order valence-electron chi connectivity index (χ1n) is 8.05. The van der Waals surface area contributed by atoms with Gasteiger partial charge in [-0.05, 0) is 36.8 Å². The van der Waals surface area contributed by atoms with Gasteiger partial charge in [-0.25, -0.2) is 14.4 Å². The molecule has 4 aromatic rings. The number of fused-ring (bicyclic) bond motifs is 1. The Hall–Kier alpha value is -2.99. The van der Waals surface area contributed by atoms with E-state index in [1.807, 2.05) is 29.8 Å². The minimum absolute atomic E-state index is 0.256. The quantitative estimate of drug-likeness (QED) is 0.575. The SMILES string of the molecule is Cc1nccn1-c1ccc(CNc2ccc3c(Cl)ccnc3c2F)cn1. The first-order chi connectivity index (χ1) is 12.6. The zero-order valence-corrected chi connectivity index (χ0v) is 14.7. The monoisotopic (exact) mass is 367 g/mol. The van der Waals surface area contributed by atoms with Gasteiger partial charge in [0.2, 0.25) is 0 Å². The molecule has 0 amide bonds. The lowest BCUT2D eigenvalue weighted by atomic mass is 10.2. The highest BCUT2D eigenvalue weighted by Crippen LogP contribution is 2.28. The average Bonchev–Trinajstić information content (AvgIpc) is 3.08. The van der Waals surface area contributed by atoms with Gasteiger partial charge in [0.1, 0.15) is 17.2 Å². The number of anilines is 1.